The molecule has 1 fully saturated rings. The predicted molar refractivity (Wildman–Crippen MR) is 80.0 cm³/mol. The van der Waals surface area contributed by atoms with E-state index in [1.807, 2.05) is 0 Å². The molecule has 0 aromatic heterocycles. The Hall–Kier alpha value is -0.315. The third kappa shape index (κ3) is 2.76. The quantitative estimate of drug-likeness (QED) is 0.739. The molecule has 1 N–H and O–H groups in total. The summed E-state index contributed by atoms with van der Waals surface area (Å²) in [4.78, 5) is 0. The largest absolute Gasteiger partial charge is 0.491 e. The smallest absolute Gasteiger partial charge is 0.400 e. The van der Waals surface area contributed by atoms with Crippen LogP contribution in [0.25, 0.3) is 0 Å². The Morgan fingerprint density at radius 2 is 1.68 bits per heavy atom. The molecule has 0 radical (unpaired) electrons. The lowest BCUT2D eigenvalue weighted by molar-refractivity contribution is 0.00578. The van der Waals surface area contributed by atoms with Crippen LogP contribution in [0.15, 0.2) is 11.5 Å². The first-order valence-corrected chi connectivity index (χ1v) is 7.33. The van der Waals surface area contributed by atoms with Gasteiger partial charge in [-0.15, -0.1) is 0 Å². The lowest BCUT2D eigenvalue weighted by atomic mass is 9.65. The summed E-state index contributed by atoms with van der Waals surface area (Å²) < 4.78 is 12.4. The molecule has 0 amide bonds. The van der Waals surface area contributed by atoms with Crippen molar-refractivity contribution in [3.05, 3.63) is 11.5 Å². The van der Waals surface area contributed by atoms with Crippen LogP contribution in [0, 0.1) is 5.41 Å². The van der Waals surface area contributed by atoms with E-state index in [0.717, 1.165) is 13.0 Å². The molecule has 1 unspecified atom stereocenters. The van der Waals surface area contributed by atoms with Crippen LogP contribution in [0.3, 0.4) is 0 Å². The monoisotopic (exact) mass is 265 g/mol. The van der Waals surface area contributed by atoms with Gasteiger partial charge in [0.25, 0.3) is 0 Å². The second-order valence-electron chi connectivity index (χ2n) is 7.83. The van der Waals surface area contributed by atoms with E-state index in [1.165, 1.54) is 5.47 Å². The average Bonchev–Trinajstić information content (AvgIpc) is 2.47. The maximum Gasteiger partial charge on any atom is 0.491 e. The van der Waals surface area contributed by atoms with Crippen molar-refractivity contribution < 1.29 is 9.31 Å². The van der Waals surface area contributed by atoms with E-state index in [0.29, 0.717) is 6.04 Å². The fraction of sp³-hybridized carbons (Fsp3) is 0.867. The topological polar surface area (TPSA) is 30.5 Å². The summed E-state index contributed by atoms with van der Waals surface area (Å²) in [7, 11) is -0.220. The van der Waals surface area contributed by atoms with Crippen LogP contribution in [0.4, 0.5) is 0 Å². The normalized spacial score (nSPS) is 30.4. The van der Waals surface area contributed by atoms with Crippen molar-refractivity contribution in [1.29, 1.82) is 0 Å². The van der Waals surface area contributed by atoms with Crippen molar-refractivity contribution in [2.75, 3.05) is 6.54 Å². The zero-order chi connectivity index (χ0) is 14.5. The van der Waals surface area contributed by atoms with Crippen molar-refractivity contribution in [1.82, 2.24) is 5.32 Å². The van der Waals surface area contributed by atoms with E-state index in [-0.39, 0.29) is 23.7 Å². The Bertz CT molecular complexity index is 366. The molecule has 1 saturated heterocycles. The second kappa shape index (κ2) is 4.61. The highest BCUT2D eigenvalue weighted by atomic mass is 16.7. The summed E-state index contributed by atoms with van der Waals surface area (Å²) in [6.07, 6.45) is 3.35. The van der Waals surface area contributed by atoms with Gasteiger partial charge in [0, 0.05) is 6.04 Å². The zero-order valence-electron chi connectivity index (χ0n) is 13.5. The van der Waals surface area contributed by atoms with Crippen LogP contribution in [0.1, 0.15) is 54.9 Å². The van der Waals surface area contributed by atoms with Gasteiger partial charge in [-0.25, -0.2) is 0 Å². The van der Waals surface area contributed by atoms with Gasteiger partial charge in [-0.3, -0.25) is 0 Å². The Morgan fingerprint density at radius 1 is 1.16 bits per heavy atom. The van der Waals surface area contributed by atoms with E-state index >= 15 is 0 Å². The van der Waals surface area contributed by atoms with E-state index in [2.05, 4.69) is 59.9 Å². The fourth-order valence-electron chi connectivity index (χ4n) is 2.72. The summed E-state index contributed by atoms with van der Waals surface area (Å²) in [5, 5.41) is 3.61. The SMILES string of the molecule is CC(C)(C)C1NCCC=C1B1OC(C)(C)C(C)(C)O1. The molecule has 19 heavy (non-hydrogen) atoms. The first kappa shape index (κ1) is 15.1. The van der Waals surface area contributed by atoms with Crippen LogP contribution >= 0.6 is 0 Å². The molecule has 3 nitrogen and oxygen atoms in total. The number of rotatable bonds is 1. The molecular weight excluding hydrogens is 237 g/mol. The highest BCUT2D eigenvalue weighted by Gasteiger charge is 2.54. The highest BCUT2D eigenvalue weighted by molar-refractivity contribution is 6.55. The molecule has 2 rings (SSSR count). The second-order valence-corrected chi connectivity index (χ2v) is 7.83. The van der Waals surface area contributed by atoms with Crippen LogP contribution in [-0.2, 0) is 9.31 Å². The lowest BCUT2D eigenvalue weighted by Gasteiger charge is -2.37. The molecule has 2 heterocycles. The maximum atomic E-state index is 6.20. The number of hydrogen-bond acceptors (Lipinski definition) is 3. The highest BCUT2D eigenvalue weighted by Crippen LogP contribution is 2.41. The fourth-order valence-corrected chi connectivity index (χ4v) is 2.72. The molecule has 108 valence electrons. The molecule has 2 aliphatic heterocycles. The van der Waals surface area contributed by atoms with Gasteiger partial charge in [-0.1, -0.05) is 26.8 Å². The molecule has 4 heteroatoms. The van der Waals surface area contributed by atoms with Gasteiger partial charge in [0.2, 0.25) is 0 Å². The van der Waals surface area contributed by atoms with Crippen LogP contribution in [0.2, 0.25) is 0 Å². The van der Waals surface area contributed by atoms with Crippen molar-refractivity contribution in [3.63, 3.8) is 0 Å². The lowest BCUT2D eigenvalue weighted by Crippen LogP contribution is -2.49. The van der Waals surface area contributed by atoms with Gasteiger partial charge in [-0.2, -0.15) is 0 Å². The minimum atomic E-state index is -0.265. The third-order valence-corrected chi connectivity index (χ3v) is 4.60. The summed E-state index contributed by atoms with van der Waals surface area (Å²) >= 11 is 0. The van der Waals surface area contributed by atoms with E-state index in [9.17, 15) is 0 Å². The molecule has 0 saturated carbocycles. The summed E-state index contributed by atoms with van der Waals surface area (Å²) in [6, 6.07) is 0.316. The molecule has 0 aromatic carbocycles. The van der Waals surface area contributed by atoms with E-state index in [4.69, 9.17) is 9.31 Å². The van der Waals surface area contributed by atoms with Crippen LogP contribution in [0.5, 0.6) is 0 Å². The third-order valence-electron chi connectivity index (χ3n) is 4.60. The molecule has 0 aliphatic carbocycles. The van der Waals surface area contributed by atoms with Gasteiger partial charge < -0.3 is 14.6 Å². The van der Waals surface area contributed by atoms with E-state index in [1.54, 1.807) is 0 Å². The van der Waals surface area contributed by atoms with E-state index < -0.39 is 0 Å². The molecule has 1 atom stereocenters. The molecule has 0 aromatic rings. The Morgan fingerprint density at radius 3 is 2.16 bits per heavy atom. The summed E-state index contributed by atoms with van der Waals surface area (Å²) in [5.74, 6) is 0. The van der Waals surface area contributed by atoms with Gasteiger partial charge in [-0.05, 0) is 51.5 Å². The number of nitrogens with one attached hydrogen (secondary N) is 1. The predicted octanol–water partition coefficient (Wildman–Crippen LogP) is 2.95. The van der Waals surface area contributed by atoms with Gasteiger partial charge >= 0.3 is 7.12 Å². The molecule has 2 aliphatic rings. The van der Waals surface area contributed by atoms with Crippen LogP contribution in [-0.4, -0.2) is 30.9 Å². The minimum absolute atomic E-state index is 0.163. The summed E-state index contributed by atoms with van der Waals surface area (Å²) in [6.45, 7) is 16.2. The minimum Gasteiger partial charge on any atom is -0.400 e. The average molecular weight is 265 g/mol. The maximum absolute atomic E-state index is 6.20. The van der Waals surface area contributed by atoms with Gasteiger partial charge in [0.1, 0.15) is 0 Å². The molecular formula is C15H28BNO2. The van der Waals surface area contributed by atoms with Crippen molar-refractivity contribution >= 4 is 7.12 Å². The Labute approximate surface area is 118 Å². The zero-order valence-corrected chi connectivity index (χ0v) is 13.5. The summed E-state index contributed by atoms with van der Waals surface area (Å²) in [5.41, 5.74) is 0.893. The van der Waals surface area contributed by atoms with Crippen molar-refractivity contribution in [2.24, 2.45) is 5.41 Å². The first-order chi connectivity index (χ1) is 8.55. The van der Waals surface area contributed by atoms with Gasteiger partial charge in [0.05, 0.1) is 11.2 Å². The van der Waals surface area contributed by atoms with Crippen molar-refractivity contribution in [3.8, 4) is 0 Å². The number of hydrogen-bond donors (Lipinski definition) is 1. The van der Waals surface area contributed by atoms with Crippen molar-refractivity contribution in [2.45, 2.75) is 72.1 Å². The standard InChI is InChI=1S/C15H28BNO2/c1-13(2,3)12-11(9-8-10-17-12)16-18-14(4,5)15(6,7)19-16/h9,12,17H,8,10H2,1-7H3. The molecule has 0 bridgehead atoms. The first-order valence-electron chi connectivity index (χ1n) is 7.33. The van der Waals surface area contributed by atoms with Gasteiger partial charge in [0.15, 0.2) is 0 Å². The molecule has 0 spiro atoms. The van der Waals surface area contributed by atoms with Crippen LogP contribution < -0.4 is 5.32 Å². The Balaban J connectivity index is 2.25. The Kier molecular flexibility index (Phi) is 3.66.